The lowest BCUT2D eigenvalue weighted by Gasteiger charge is -2.12. The Morgan fingerprint density at radius 3 is 2.41 bits per heavy atom. The summed E-state index contributed by atoms with van der Waals surface area (Å²) < 4.78 is 6.99. The normalized spacial score (nSPS) is 10.6. The molecule has 150 valence electrons. The molecule has 29 heavy (non-hydrogen) atoms. The van der Waals surface area contributed by atoms with Crippen molar-refractivity contribution in [3.05, 3.63) is 71.7 Å². The first-order chi connectivity index (χ1) is 14.0. The van der Waals surface area contributed by atoms with Gasteiger partial charge in [0.2, 0.25) is 0 Å². The summed E-state index contributed by atoms with van der Waals surface area (Å²) in [5, 5.41) is 4.31. The lowest BCUT2D eigenvalue weighted by Crippen LogP contribution is -2.41. The predicted octanol–water partition coefficient (Wildman–Crippen LogP) is 2.86. The van der Waals surface area contributed by atoms with Crippen molar-refractivity contribution in [1.29, 1.82) is 0 Å². The second kappa shape index (κ2) is 9.01. The highest BCUT2D eigenvalue weighted by Crippen LogP contribution is 2.22. The minimum atomic E-state index is -0.449. The standard InChI is InChI=1S/C21H23N5O3/c1-4-29-16-10-8-15(9-11-16)20(27)24-25-21(28)17-13-23-26(19(17)14(2)3)18-7-5-6-12-22-18/h5-14H,4H2,1-3H3,(H,24,27)(H,25,28). The van der Waals surface area contributed by atoms with Gasteiger partial charge in [-0.1, -0.05) is 19.9 Å². The summed E-state index contributed by atoms with van der Waals surface area (Å²) >= 11 is 0. The van der Waals surface area contributed by atoms with E-state index in [-0.39, 0.29) is 5.92 Å². The van der Waals surface area contributed by atoms with Gasteiger partial charge in [-0.05, 0) is 49.2 Å². The molecule has 8 heteroatoms. The fraction of sp³-hybridized carbons (Fsp3) is 0.238. The van der Waals surface area contributed by atoms with E-state index in [4.69, 9.17) is 4.74 Å². The molecule has 0 spiro atoms. The van der Waals surface area contributed by atoms with E-state index in [9.17, 15) is 9.59 Å². The number of hydrogen-bond donors (Lipinski definition) is 2. The largest absolute Gasteiger partial charge is 0.494 e. The Bertz CT molecular complexity index is 981. The van der Waals surface area contributed by atoms with Gasteiger partial charge in [0.25, 0.3) is 11.8 Å². The van der Waals surface area contributed by atoms with Gasteiger partial charge in [-0.3, -0.25) is 20.4 Å². The van der Waals surface area contributed by atoms with Crippen LogP contribution in [-0.4, -0.2) is 33.2 Å². The molecule has 0 aliphatic heterocycles. The van der Waals surface area contributed by atoms with Gasteiger partial charge in [0.15, 0.2) is 5.82 Å². The number of carbonyl (C=O) groups is 2. The maximum absolute atomic E-state index is 12.7. The van der Waals surface area contributed by atoms with E-state index in [2.05, 4.69) is 20.9 Å². The number of rotatable bonds is 6. The van der Waals surface area contributed by atoms with Gasteiger partial charge in [-0.15, -0.1) is 0 Å². The fourth-order valence-electron chi connectivity index (χ4n) is 2.87. The Hall–Kier alpha value is -3.68. The molecule has 1 aromatic carbocycles. The third-order valence-electron chi connectivity index (χ3n) is 4.18. The van der Waals surface area contributed by atoms with Crippen molar-refractivity contribution in [1.82, 2.24) is 25.6 Å². The van der Waals surface area contributed by atoms with Crippen LogP contribution in [0.25, 0.3) is 5.82 Å². The highest BCUT2D eigenvalue weighted by Gasteiger charge is 2.21. The van der Waals surface area contributed by atoms with Crippen LogP contribution >= 0.6 is 0 Å². The van der Waals surface area contributed by atoms with Crippen LogP contribution in [0.5, 0.6) is 5.75 Å². The first-order valence-corrected chi connectivity index (χ1v) is 9.34. The van der Waals surface area contributed by atoms with Gasteiger partial charge < -0.3 is 4.74 Å². The van der Waals surface area contributed by atoms with Crippen molar-refractivity contribution in [3.63, 3.8) is 0 Å². The molecular weight excluding hydrogens is 370 g/mol. The molecule has 0 saturated heterocycles. The van der Waals surface area contributed by atoms with Crippen molar-refractivity contribution >= 4 is 11.8 Å². The molecule has 0 radical (unpaired) electrons. The third-order valence-corrected chi connectivity index (χ3v) is 4.18. The topological polar surface area (TPSA) is 98.1 Å². The lowest BCUT2D eigenvalue weighted by atomic mass is 10.1. The first kappa shape index (κ1) is 20.1. The van der Waals surface area contributed by atoms with Crippen LogP contribution in [0.4, 0.5) is 0 Å². The molecule has 0 bridgehead atoms. The zero-order valence-electron chi connectivity index (χ0n) is 16.5. The lowest BCUT2D eigenvalue weighted by molar-refractivity contribution is 0.0846. The molecule has 0 aliphatic carbocycles. The SMILES string of the molecule is CCOc1ccc(C(=O)NNC(=O)c2cnn(-c3ccccn3)c2C(C)C)cc1. The van der Waals surface area contributed by atoms with Crippen LogP contribution < -0.4 is 15.6 Å². The zero-order valence-corrected chi connectivity index (χ0v) is 16.5. The molecule has 0 saturated carbocycles. The fourth-order valence-corrected chi connectivity index (χ4v) is 2.87. The Morgan fingerprint density at radius 2 is 1.79 bits per heavy atom. The van der Waals surface area contributed by atoms with Crippen LogP contribution in [0.3, 0.4) is 0 Å². The molecule has 2 N–H and O–H groups in total. The summed E-state index contributed by atoms with van der Waals surface area (Å²) in [6.07, 6.45) is 3.14. The molecule has 0 unspecified atom stereocenters. The summed E-state index contributed by atoms with van der Waals surface area (Å²) in [4.78, 5) is 29.3. The highest BCUT2D eigenvalue weighted by molar-refractivity contribution is 5.99. The van der Waals surface area contributed by atoms with Crippen LogP contribution in [0.2, 0.25) is 0 Å². The Labute approximate surface area is 168 Å². The molecule has 0 atom stereocenters. The van der Waals surface area contributed by atoms with Gasteiger partial charge in [0.1, 0.15) is 5.75 Å². The van der Waals surface area contributed by atoms with Crippen molar-refractivity contribution in [2.75, 3.05) is 6.61 Å². The number of hydrazine groups is 1. The number of nitrogens with one attached hydrogen (secondary N) is 2. The maximum Gasteiger partial charge on any atom is 0.273 e. The Balaban J connectivity index is 1.72. The van der Waals surface area contributed by atoms with Crippen molar-refractivity contribution < 1.29 is 14.3 Å². The van der Waals surface area contributed by atoms with E-state index >= 15 is 0 Å². The van der Waals surface area contributed by atoms with Crippen molar-refractivity contribution in [2.45, 2.75) is 26.7 Å². The summed E-state index contributed by atoms with van der Waals surface area (Å²) in [7, 11) is 0. The quantitative estimate of drug-likeness (QED) is 0.628. The zero-order chi connectivity index (χ0) is 20.8. The molecule has 2 heterocycles. The number of amides is 2. The second-order valence-electron chi connectivity index (χ2n) is 6.56. The number of ether oxygens (including phenoxy) is 1. The number of carbonyl (C=O) groups excluding carboxylic acids is 2. The number of aromatic nitrogens is 3. The third kappa shape index (κ3) is 4.60. The minimum absolute atomic E-state index is 0.0158. The van der Waals surface area contributed by atoms with Crippen LogP contribution in [0, 0.1) is 0 Å². The average Bonchev–Trinajstić information content (AvgIpc) is 3.19. The van der Waals surface area contributed by atoms with Gasteiger partial charge in [-0.2, -0.15) is 5.10 Å². The van der Waals surface area contributed by atoms with E-state index in [1.807, 2.05) is 39.0 Å². The Kier molecular flexibility index (Phi) is 6.23. The first-order valence-electron chi connectivity index (χ1n) is 9.34. The molecule has 2 aromatic heterocycles. The number of benzene rings is 1. The molecule has 0 aliphatic rings. The molecule has 3 rings (SSSR count). The summed E-state index contributed by atoms with van der Waals surface area (Å²) in [6, 6.07) is 12.1. The van der Waals surface area contributed by atoms with Crippen molar-refractivity contribution in [3.8, 4) is 11.6 Å². The number of hydrogen-bond acceptors (Lipinski definition) is 5. The van der Waals surface area contributed by atoms with Gasteiger partial charge >= 0.3 is 0 Å². The van der Waals surface area contributed by atoms with E-state index in [1.54, 1.807) is 35.1 Å². The van der Waals surface area contributed by atoms with E-state index < -0.39 is 11.8 Å². The molecule has 0 fully saturated rings. The monoisotopic (exact) mass is 393 g/mol. The minimum Gasteiger partial charge on any atom is -0.494 e. The molecule has 8 nitrogen and oxygen atoms in total. The van der Waals surface area contributed by atoms with Crippen LogP contribution in [0.1, 0.15) is 53.1 Å². The molecule has 3 aromatic rings. The Morgan fingerprint density at radius 1 is 1.07 bits per heavy atom. The van der Waals surface area contributed by atoms with Gasteiger partial charge in [0, 0.05) is 11.8 Å². The van der Waals surface area contributed by atoms with Gasteiger partial charge in [-0.25, -0.2) is 9.67 Å². The number of nitrogens with zero attached hydrogens (tertiary/aromatic N) is 3. The summed E-state index contributed by atoms with van der Waals surface area (Å²) in [6.45, 7) is 6.36. The van der Waals surface area contributed by atoms with E-state index in [0.29, 0.717) is 35.0 Å². The van der Waals surface area contributed by atoms with Crippen LogP contribution in [0.15, 0.2) is 54.9 Å². The van der Waals surface area contributed by atoms with Gasteiger partial charge in [0.05, 0.1) is 24.1 Å². The molecule has 2 amide bonds. The van der Waals surface area contributed by atoms with E-state index in [1.165, 1.54) is 6.20 Å². The van der Waals surface area contributed by atoms with E-state index in [0.717, 1.165) is 0 Å². The average molecular weight is 393 g/mol. The maximum atomic E-state index is 12.7. The predicted molar refractivity (Wildman–Crippen MR) is 108 cm³/mol. The summed E-state index contributed by atoms with van der Waals surface area (Å²) in [5.74, 6) is 0.437. The highest BCUT2D eigenvalue weighted by atomic mass is 16.5. The van der Waals surface area contributed by atoms with Crippen molar-refractivity contribution in [2.24, 2.45) is 0 Å². The smallest absolute Gasteiger partial charge is 0.273 e. The van der Waals surface area contributed by atoms with Crippen LogP contribution in [-0.2, 0) is 0 Å². The second-order valence-corrected chi connectivity index (χ2v) is 6.56. The summed E-state index contributed by atoms with van der Waals surface area (Å²) in [5.41, 5.74) is 6.37. The molecular formula is C21H23N5O3. The number of pyridine rings is 1.